The van der Waals surface area contributed by atoms with Gasteiger partial charge in [0.1, 0.15) is 17.9 Å². The molecular weight excluding hydrogens is 304 g/mol. The Labute approximate surface area is 140 Å². The maximum Gasteiger partial charge on any atom is 0.272 e. The van der Waals surface area contributed by atoms with Gasteiger partial charge in [0, 0.05) is 23.5 Å². The van der Waals surface area contributed by atoms with E-state index in [1.54, 1.807) is 0 Å². The molecule has 6 heteroatoms. The minimum atomic E-state index is -0.0493. The molecule has 4 heterocycles. The molecule has 2 unspecified atom stereocenters. The third-order valence-corrected chi connectivity index (χ3v) is 5.94. The van der Waals surface area contributed by atoms with Crippen LogP contribution in [0.15, 0.2) is 18.2 Å². The first-order valence-electron chi connectivity index (χ1n) is 8.86. The number of carbonyl (C=O) groups excluding carboxylic acids is 1. The summed E-state index contributed by atoms with van der Waals surface area (Å²) in [5.41, 5.74) is 1.47. The topological polar surface area (TPSA) is 59.4 Å². The number of para-hydroxylation sites is 1. The minimum absolute atomic E-state index is 0.0493. The fourth-order valence-electron chi connectivity index (χ4n) is 4.68. The van der Waals surface area contributed by atoms with Gasteiger partial charge in [-0.2, -0.15) is 5.10 Å². The molecule has 24 heavy (non-hydrogen) atoms. The number of hydrogen-bond acceptors (Lipinski definition) is 4. The van der Waals surface area contributed by atoms with Gasteiger partial charge >= 0.3 is 0 Å². The molecule has 3 aliphatic heterocycles. The lowest BCUT2D eigenvalue weighted by atomic mass is 9.98. The molecule has 0 spiro atoms. The smallest absolute Gasteiger partial charge is 0.272 e. The monoisotopic (exact) mass is 326 g/mol. The number of nitrogens with zero attached hydrogens (tertiary/aromatic N) is 3. The molecule has 2 fully saturated rings. The Morgan fingerprint density at radius 2 is 2.08 bits per heavy atom. The SMILES string of the molecule is CN1C2CCC1CC(NC(=O)c1nn3c4c(cccc14)OCC3)C2. The third kappa shape index (κ3) is 2.05. The highest BCUT2D eigenvalue weighted by atomic mass is 16.5. The van der Waals surface area contributed by atoms with Gasteiger partial charge in [0.15, 0.2) is 5.69 Å². The number of ether oxygens (including phenoxy) is 1. The lowest BCUT2D eigenvalue weighted by Crippen LogP contribution is -2.48. The van der Waals surface area contributed by atoms with Crippen molar-refractivity contribution in [3.8, 4) is 5.75 Å². The van der Waals surface area contributed by atoms with Gasteiger partial charge in [-0.15, -0.1) is 0 Å². The molecular formula is C18H22N4O2. The number of nitrogens with one attached hydrogen (secondary N) is 1. The molecule has 2 saturated heterocycles. The largest absolute Gasteiger partial charge is 0.489 e. The number of amides is 1. The van der Waals surface area contributed by atoms with Crippen molar-refractivity contribution in [1.29, 1.82) is 0 Å². The van der Waals surface area contributed by atoms with Gasteiger partial charge < -0.3 is 15.0 Å². The highest BCUT2D eigenvalue weighted by molar-refractivity contribution is 6.06. The molecule has 0 saturated carbocycles. The van der Waals surface area contributed by atoms with E-state index in [2.05, 4.69) is 22.4 Å². The van der Waals surface area contributed by atoms with Crippen LogP contribution in [0.4, 0.5) is 0 Å². The Morgan fingerprint density at radius 3 is 2.88 bits per heavy atom. The highest BCUT2D eigenvalue weighted by Gasteiger charge is 2.39. The Morgan fingerprint density at radius 1 is 1.29 bits per heavy atom. The number of piperidine rings is 1. The van der Waals surface area contributed by atoms with Crippen molar-refractivity contribution in [1.82, 2.24) is 20.0 Å². The van der Waals surface area contributed by atoms with Crippen LogP contribution < -0.4 is 10.1 Å². The summed E-state index contributed by atoms with van der Waals surface area (Å²) in [6, 6.07) is 7.33. The molecule has 126 valence electrons. The van der Waals surface area contributed by atoms with E-state index < -0.39 is 0 Å². The predicted molar refractivity (Wildman–Crippen MR) is 90.3 cm³/mol. The Balaban J connectivity index is 1.42. The van der Waals surface area contributed by atoms with Crippen LogP contribution in [0.1, 0.15) is 36.2 Å². The number of aromatic nitrogens is 2. The van der Waals surface area contributed by atoms with Gasteiger partial charge in [0.05, 0.1) is 6.54 Å². The zero-order valence-corrected chi connectivity index (χ0v) is 13.9. The number of rotatable bonds is 2. The zero-order valence-electron chi connectivity index (χ0n) is 13.9. The Kier molecular flexibility index (Phi) is 3.10. The summed E-state index contributed by atoms with van der Waals surface area (Å²) >= 11 is 0. The van der Waals surface area contributed by atoms with Crippen molar-refractivity contribution < 1.29 is 9.53 Å². The molecule has 6 nitrogen and oxygen atoms in total. The van der Waals surface area contributed by atoms with Crippen molar-refractivity contribution in [3.63, 3.8) is 0 Å². The maximum atomic E-state index is 12.9. The quantitative estimate of drug-likeness (QED) is 0.914. The molecule has 5 rings (SSSR count). The minimum Gasteiger partial charge on any atom is -0.489 e. The lowest BCUT2D eigenvalue weighted by Gasteiger charge is -2.36. The Hall–Kier alpha value is -2.08. The van der Waals surface area contributed by atoms with Crippen LogP contribution in [0, 0.1) is 0 Å². The number of hydrogen-bond donors (Lipinski definition) is 1. The van der Waals surface area contributed by atoms with Crippen molar-refractivity contribution in [2.24, 2.45) is 0 Å². The van der Waals surface area contributed by atoms with E-state index in [9.17, 15) is 4.79 Å². The van der Waals surface area contributed by atoms with Crippen LogP contribution in [0.2, 0.25) is 0 Å². The highest BCUT2D eigenvalue weighted by Crippen LogP contribution is 2.35. The molecule has 1 N–H and O–H groups in total. The normalized spacial score (nSPS) is 28.8. The number of carbonyl (C=O) groups is 1. The first kappa shape index (κ1) is 14.3. The molecule has 2 bridgehead atoms. The first-order valence-corrected chi connectivity index (χ1v) is 8.86. The molecule has 1 amide bonds. The molecule has 1 aromatic heterocycles. The van der Waals surface area contributed by atoms with Crippen molar-refractivity contribution in [2.75, 3.05) is 13.7 Å². The number of benzene rings is 1. The van der Waals surface area contributed by atoms with E-state index in [0.29, 0.717) is 30.9 Å². The summed E-state index contributed by atoms with van der Waals surface area (Å²) in [6.07, 6.45) is 4.61. The van der Waals surface area contributed by atoms with Gasteiger partial charge in [-0.05, 0) is 38.8 Å². The molecule has 3 aliphatic rings. The molecule has 1 aromatic carbocycles. The van der Waals surface area contributed by atoms with E-state index in [1.165, 1.54) is 12.8 Å². The molecule has 2 atom stereocenters. The van der Waals surface area contributed by atoms with Gasteiger partial charge in [0.25, 0.3) is 5.91 Å². The standard InChI is InChI=1S/C18H22N4O2/c1-21-12-5-6-13(21)10-11(9-12)19-18(23)16-14-3-2-4-15-17(14)22(20-16)7-8-24-15/h2-4,11-13H,5-10H2,1H3,(H,19,23). The van der Waals surface area contributed by atoms with Gasteiger partial charge in [-0.25, -0.2) is 0 Å². The first-order chi connectivity index (χ1) is 11.7. The number of fused-ring (bicyclic) bond motifs is 2. The summed E-state index contributed by atoms with van der Waals surface area (Å²) in [5.74, 6) is 0.773. The van der Waals surface area contributed by atoms with E-state index in [1.807, 2.05) is 22.9 Å². The van der Waals surface area contributed by atoms with Crippen molar-refractivity contribution >= 4 is 16.8 Å². The summed E-state index contributed by atoms with van der Waals surface area (Å²) in [4.78, 5) is 15.3. The van der Waals surface area contributed by atoms with Crippen LogP contribution in [-0.4, -0.2) is 52.4 Å². The van der Waals surface area contributed by atoms with Crippen LogP contribution in [0.25, 0.3) is 10.9 Å². The van der Waals surface area contributed by atoms with E-state index in [4.69, 9.17) is 4.74 Å². The second-order valence-electron chi connectivity index (χ2n) is 7.26. The summed E-state index contributed by atoms with van der Waals surface area (Å²) in [7, 11) is 2.21. The third-order valence-electron chi connectivity index (χ3n) is 5.94. The van der Waals surface area contributed by atoms with Gasteiger partial charge in [0.2, 0.25) is 0 Å². The van der Waals surface area contributed by atoms with Crippen LogP contribution in [0.3, 0.4) is 0 Å². The molecule has 2 aromatic rings. The molecule has 0 radical (unpaired) electrons. The Bertz CT molecular complexity index is 801. The fourth-order valence-corrected chi connectivity index (χ4v) is 4.68. The summed E-state index contributed by atoms with van der Waals surface area (Å²) < 4.78 is 7.59. The van der Waals surface area contributed by atoms with Crippen molar-refractivity contribution in [3.05, 3.63) is 23.9 Å². The second-order valence-corrected chi connectivity index (χ2v) is 7.26. The van der Waals surface area contributed by atoms with E-state index in [-0.39, 0.29) is 11.9 Å². The lowest BCUT2D eigenvalue weighted by molar-refractivity contribution is 0.0878. The predicted octanol–water partition coefficient (Wildman–Crippen LogP) is 1.78. The maximum absolute atomic E-state index is 12.9. The molecule has 0 aliphatic carbocycles. The van der Waals surface area contributed by atoms with Gasteiger partial charge in [-0.1, -0.05) is 12.1 Å². The average Bonchev–Trinajstić information content (AvgIpc) is 3.04. The van der Waals surface area contributed by atoms with Crippen LogP contribution in [0.5, 0.6) is 5.75 Å². The van der Waals surface area contributed by atoms with Gasteiger partial charge in [-0.3, -0.25) is 9.48 Å². The van der Waals surface area contributed by atoms with Crippen molar-refractivity contribution in [2.45, 2.75) is 50.4 Å². The fraction of sp³-hybridized carbons (Fsp3) is 0.556. The second kappa shape index (κ2) is 5.21. The zero-order chi connectivity index (χ0) is 16.3. The average molecular weight is 326 g/mol. The van der Waals surface area contributed by atoms with Crippen LogP contribution >= 0.6 is 0 Å². The summed E-state index contributed by atoms with van der Waals surface area (Å²) in [6.45, 7) is 1.30. The van der Waals surface area contributed by atoms with Crippen LogP contribution in [-0.2, 0) is 6.54 Å². The van der Waals surface area contributed by atoms with E-state index >= 15 is 0 Å². The van der Waals surface area contributed by atoms with E-state index in [0.717, 1.165) is 29.5 Å². The summed E-state index contributed by atoms with van der Waals surface area (Å²) in [5, 5.41) is 8.70.